The number of aromatic nitrogens is 2. The van der Waals surface area contributed by atoms with Crippen molar-refractivity contribution in [3.8, 4) is 11.3 Å². The number of aryl methyl sites for hydroxylation is 1. The molecule has 0 atom stereocenters. The maximum atomic E-state index is 14.0. The SMILES string of the molecule is Cc1ccccc1-c1ccc(N2CCN(S(=O)(=O)c3cc(F)ccc3F)CC2)nn1. The molecular weight excluding hydrogens is 410 g/mol. The van der Waals surface area contributed by atoms with Crippen LogP contribution in [0.5, 0.6) is 0 Å². The van der Waals surface area contributed by atoms with E-state index in [-0.39, 0.29) is 13.1 Å². The van der Waals surface area contributed by atoms with E-state index in [1.165, 1.54) is 0 Å². The van der Waals surface area contributed by atoms with Gasteiger partial charge in [-0.1, -0.05) is 24.3 Å². The summed E-state index contributed by atoms with van der Waals surface area (Å²) in [5, 5.41) is 8.60. The van der Waals surface area contributed by atoms with Gasteiger partial charge in [-0.05, 0) is 42.8 Å². The number of piperazine rings is 1. The Morgan fingerprint density at radius 3 is 2.30 bits per heavy atom. The molecule has 0 saturated carbocycles. The third kappa shape index (κ3) is 3.90. The van der Waals surface area contributed by atoms with Crippen LogP contribution in [0.2, 0.25) is 0 Å². The summed E-state index contributed by atoms with van der Waals surface area (Å²) in [6.45, 7) is 3.02. The number of hydrogen-bond acceptors (Lipinski definition) is 5. The molecule has 156 valence electrons. The first-order valence-electron chi connectivity index (χ1n) is 9.46. The van der Waals surface area contributed by atoms with Crippen molar-refractivity contribution in [3.63, 3.8) is 0 Å². The molecule has 4 rings (SSSR count). The highest BCUT2D eigenvalue weighted by atomic mass is 32.2. The van der Waals surface area contributed by atoms with Gasteiger partial charge in [0.05, 0.1) is 5.69 Å². The van der Waals surface area contributed by atoms with Crippen molar-refractivity contribution in [2.24, 2.45) is 0 Å². The minimum Gasteiger partial charge on any atom is -0.352 e. The molecule has 2 heterocycles. The lowest BCUT2D eigenvalue weighted by atomic mass is 10.1. The lowest BCUT2D eigenvalue weighted by molar-refractivity contribution is 0.380. The van der Waals surface area contributed by atoms with E-state index >= 15 is 0 Å². The number of benzene rings is 2. The van der Waals surface area contributed by atoms with E-state index in [0.29, 0.717) is 25.0 Å². The average Bonchev–Trinajstić information content (AvgIpc) is 2.76. The van der Waals surface area contributed by atoms with Crippen LogP contribution < -0.4 is 4.90 Å². The van der Waals surface area contributed by atoms with Gasteiger partial charge in [0, 0.05) is 31.7 Å². The summed E-state index contributed by atoms with van der Waals surface area (Å²) in [4.78, 5) is 1.28. The maximum absolute atomic E-state index is 14.0. The van der Waals surface area contributed by atoms with E-state index in [4.69, 9.17) is 0 Å². The van der Waals surface area contributed by atoms with Crippen LogP contribution in [-0.4, -0.2) is 49.1 Å². The quantitative estimate of drug-likeness (QED) is 0.636. The van der Waals surface area contributed by atoms with E-state index in [1.54, 1.807) is 0 Å². The zero-order chi connectivity index (χ0) is 21.3. The van der Waals surface area contributed by atoms with Crippen LogP contribution in [0, 0.1) is 18.6 Å². The van der Waals surface area contributed by atoms with Gasteiger partial charge in [-0.3, -0.25) is 0 Å². The summed E-state index contributed by atoms with van der Waals surface area (Å²) >= 11 is 0. The molecule has 30 heavy (non-hydrogen) atoms. The number of nitrogens with zero attached hydrogens (tertiary/aromatic N) is 4. The number of rotatable bonds is 4. The zero-order valence-corrected chi connectivity index (χ0v) is 17.1. The fourth-order valence-electron chi connectivity index (χ4n) is 3.47. The van der Waals surface area contributed by atoms with E-state index in [2.05, 4.69) is 10.2 Å². The molecule has 0 N–H and O–H groups in total. The Labute approximate surface area is 173 Å². The van der Waals surface area contributed by atoms with Gasteiger partial charge in [0.25, 0.3) is 0 Å². The molecule has 1 aromatic heterocycles. The fourth-order valence-corrected chi connectivity index (χ4v) is 4.97. The highest BCUT2D eigenvalue weighted by molar-refractivity contribution is 7.89. The van der Waals surface area contributed by atoms with Gasteiger partial charge in [-0.15, -0.1) is 10.2 Å². The molecule has 9 heteroatoms. The summed E-state index contributed by atoms with van der Waals surface area (Å²) in [6.07, 6.45) is 0. The lowest BCUT2D eigenvalue weighted by Crippen LogP contribution is -2.49. The fraction of sp³-hybridized carbons (Fsp3) is 0.238. The summed E-state index contributed by atoms with van der Waals surface area (Å²) in [6, 6.07) is 14.1. The van der Waals surface area contributed by atoms with E-state index < -0.39 is 26.6 Å². The summed E-state index contributed by atoms with van der Waals surface area (Å²) in [5.74, 6) is -1.12. The van der Waals surface area contributed by atoms with E-state index in [0.717, 1.165) is 33.3 Å². The molecule has 1 aliphatic heterocycles. The standard InChI is InChI=1S/C21H20F2N4O2S/c1-15-4-2-3-5-17(15)19-8-9-21(25-24-19)26-10-12-27(13-11-26)30(28,29)20-14-16(22)6-7-18(20)23/h2-9,14H,10-13H2,1H3. The van der Waals surface area contributed by atoms with Crippen molar-refractivity contribution < 1.29 is 17.2 Å². The summed E-state index contributed by atoms with van der Waals surface area (Å²) < 4.78 is 54.0. The summed E-state index contributed by atoms with van der Waals surface area (Å²) in [5.41, 5.74) is 2.87. The van der Waals surface area contributed by atoms with Crippen molar-refractivity contribution >= 4 is 15.8 Å². The van der Waals surface area contributed by atoms with Gasteiger partial charge < -0.3 is 4.90 Å². The van der Waals surface area contributed by atoms with Gasteiger partial charge in [0.1, 0.15) is 16.5 Å². The van der Waals surface area contributed by atoms with Crippen LogP contribution in [0.1, 0.15) is 5.56 Å². The van der Waals surface area contributed by atoms with Crippen molar-refractivity contribution in [2.45, 2.75) is 11.8 Å². The number of halogens is 2. The van der Waals surface area contributed by atoms with Gasteiger partial charge in [-0.2, -0.15) is 4.31 Å². The predicted molar refractivity (Wildman–Crippen MR) is 110 cm³/mol. The van der Waals surface area contributed by atoms with Crippen LogP contribution in [0.15, 0.2) is 59.5 Å². The Morgan fingerprint density at radius 2 is 1.63 bits per heavy atom. The Balaban J connectivity index is 1.47. The second kappa shape index (κ2) is 8.08. The molecule has 6 nitrogen and oxygen atoms in total. The number of anilines is 1. The zero-order valence-electron chi connectivity index (χ0n) is 16.3. The Morgan fingerprint density at radius 1 is 0.900 bits per heavy atom. The first kappa shape index (κ1) is 20.4. The maximum Gasteiger partial charge on any atom is 0.246 e. The molecule has 2 aromatic carbocycles. The molecule has 0 aliphatic carbocycles. The van der Waals surface area contributed by atoms with Crippen molar-refractivity contribution in [1.82, 2.24) is 14.5 Å². The largest absolute Gasteiger partial charge is 0.352 e. The smallest absolute Gasteiger partial charge is 0.246 e. The van der Waals surface area contributed by atoms with Crippen molar-refractivity contribution in [1.29, 1.82) is 0 Å². The van der Waals surface area contributed by atoms with Crippen LogP contribution in [0.3, 0.4) is 0 Å². The molecule has 0 unspecified atom stereocenters. The molecule has 0 radical (unpaired) electrons. The Kier molecular flexibility index (Phi) is 5.48. The van der Waals surface area contributed by atoms with Crippen LogP contribution in [0.4, 0.5) is 14.6 Å². The average molecular weight is 430 g/mol. The third-order valence-corrected chi connectivity index (χ3v) is 7.06. The second-order valence-corrected chi connectivity index (χ2v) is 8.96. The highest BCUT2D eigenvalue weighted by Gasteiger charge is 2.31. The van der Waals surface area contributed by atoms with Crippen LogP contribution in [-0.2, 0) is 10.0 Å². The van der Waals surface area contributed by atoms with E-state index in [1.807, 2.05) is 48.2 Å². The second-order valence-electron chi connectivity index (χ2n) is 7.06. The molecule has 3 aromatic rings. The molecule has 1 fully saturated rings. The van der Waals surface area contributed by atoms with Crippen LogP contribution >= 0.6 is 0 Å². The van der Waals surface area contributed by atoms with Crippen LogP contribution in [0.25, 0.3) is 11.3 Å². The summed E-state index contributed by atoms with van der Waals surface area (Å²) in [7, 11) is -4.11. The van der Waals surface area contributed by atoms with Gasteiger partial charge in [-0.25, -0.2) is 17.2 Å². The van der Waals surface area contributed by atoms with Crippen molar-refractivity contribution in [3.05, 3.63) is 71.8 Å². The Bertz CT molecular complexity index is 1160. The predicted octanol–water partition coefficient (Wildman–Crippen LogP) is 3.24. The van der Waals surface area contributed by atoms with Gasteiger partial charge in [0.15, 0.2) is 5.82 Å². The molecule has 1 saturated heterocycles. The minimum absolute atomic E-state index is 0.138. The first-order chi connectivity index (χ1) is 14.4. The van der Waals surface area contributed by atoms with Gasteiger partial charge in [0.2, 0.25) is 10.0 Å². The van der Waals surface area contributed by atoms with E-state index in [9.17, 15) is 17.2 Å². The lowest BCUT2D eigenvalue weighted by Gasteiger charge is -2.34. The monoisotopic (exact) mass is 430 g/mol. The first-order valence-corrected chi connectivity index (χ1v) is 10.9. The third-order valence-electron chi connectivity index (χ3n) is 5.15. The van der Waals surface area contributed by atoms with Crippen molar-refractivity contribution in [2.75, 3.05) is 31.1 Å². The molecule has 0 amide bonds. The molecule has 1 aliphatic rings. The normalized spacial score (nSPS) is 15.4. The molecule has 0 bridgehead atoms. The number of hydrogen-bond donors (Lipinski definition) is 0. The minimum atomic E-state index is -4.11. The molecular formula is C21H20F2N4O2S. The topological polar surface area (TPSA) is 66.4 Å². The highest BCUT2D eigenvalue weighted by Crippen LogP contribution is 2.25. The molecule has 0 spiro atoms. The number of sulfonamides is 1. The van der Waals surface area contributed by atoms with Gasteiger partial charge >= 0.3 is 0 Å². The Hall–Kier alpha value is -2.91.